The van der Waals surface area contributed by atoms with Crippen LogP contribution in [0, 0.1) is 0 Å². The minimum atomic E-state index is 0.348. The van der Waals surface area contributed by atoms with E-state index < -0.39 is 0 Å². The molecule has 0 bridgehead atoms. The van der Waals surface area contributed by atoms with Crippen LogP contribution < -0.4 is 11.1 Å². The third-order valence-electron chi connectivity index (χ3n) is 2.76. The van der Waals surface area contributed by atoms with Crippen LogP contribution in [0.15, 0.2) is 5.16 Å². The lowest BCUT2D eigenvalue weighted by Crippen LogP contribution is -2.28. The standard InChI is InChI=1S/C11H17ClN4S/c1-2-6-17-11-15-9(12)8(13)10(16-11)14-7-4-3-5-7/h7H,2-6,13H2,1H3,(H,14,15,16). The number of hydrogen-bond donors (Lipinski definition) is 2. The van der Waals surface area contributed by atoms with Crippen molar-refractivity contribution in [1.29, 1.82) is 0 Å². The lowest BCUT2D eigenvalue weighted by atomic mass is 9.93. The molecule has 6 heteroatoms. The average Bonchev–Trinajstić information content (AvgIpc) is 2.26. The summed E-state index contributed by atoms with van der Waals surface area (Å²) in [7, 11) is 0. The molecule has 0 aliphatic heterocycles. The van der Waals surface area contributed by atoms with Crippen LogP contribution in [0.1, 0.15) is 32.6 Å². The fourth-order valence-corrected chi connectivity index (χ4v) is 2.45. The van der Waals surface area contributed by atoms with E-state index in [0.717, 1.165) is 12.2 Å². The van der Waals surface area contributed by atoms with E-state index in [4.69, 9.17) is 17.3 Å². The van der Waals surface area contributed by atoms with Crippen molar-refractivity contribution in [2.75, 3.05) is 16.8 Å². The summed E-state index contributed by atoms with van der Waals surface area (Å²) in [5.74, 6) is 1.68. The third-order valence-corrected chi connectivity index (χ3v) is 4.10. The highest BCUT2D eigenvalue weighted by Crippen LogP contribution is 2.30. The summed E-state index contributed by atoms with van der Waals surface area (Å²) in [5, 5.41) is 4.38. The third kappa shape index (κ3) is 3.16. The zero-order valence-corrected chi connectivity index (χ0v) is 11.4. The number of anilines is 2. The molecule has 0 atom stereocenters. The first-order valence-corrected chi connectivity index (χ1v) is 7.29. The fourth-order valence-electron chi connectivity index (χ4n) is 1.54. The van der Waals surface area contributed by atoms with E-state index >= 15 is 0 Å². The Kier molecular flexibility index (Phi) is 4.34. The Bertz CT molecular complexity index is 395. The molecule has 1 saturated carbocycles. The molecule has 1 aliphatic carbocycles. The van der Waals surface area contributed by atoms with Crippen molar-refractivity contribution in [2.24, 2.45) is 0 Å². The maximum absolute atomic E-state index is 6.01. The van der Waals surface area contributed by atoms with Crippen molar-refractivity contribution in [3.05, 3.63) is 5.15 Å². The predicted octanol–water partition coefficient (Wildman–Crippen LogP) is 3.18. The Morgan fingerprint density at radius 3 is 2.82 bits per heavy atom. The first kappa shape index (κ1) is 12.8. The van der Waals surface area contributed by atoms with Gasteiger partial charge in [-0.3, -0.25) is 0 Å². The van der Waals surface area contributed by atoms with Crippen molar-refractivity contribution < 1.29 is 0 Å². The summed E-state index contributed by atoms with van der Waals surface area (Å²) < 4.78 is 0. The monoisotopic (exact) mass is 272 g/mol. The molecule has 1 aromatic rings. The van der Waals surface area contributed by atoms with Gasteiger partial charge < -0.3 is 11.1 Å². The van der Waals surface area contributed by atoms with Gasteiger partial charge >= 0.3 is 0 Å². The van der Waals surface area contributed by atoms with Gasteiger partial charge in [-0.1, -0.05) is 30.3 Å². The summed E-state index contributed by atoms with van der Waals surface area (Å²) in [6.45, 7) is 2.12. The summed E-state index contributed by atoms with van der Waals surface area (Å²) in [6, 6.07) is 0.493. The smallest absolute Gasteiger partial charge is 0.191 e. The van der Waals surface area contributed by atoms with Gasteiger partial charge in [0.25, 0.3) is 0 Å². The predicted molar refractivity (Wildman–Crippen MR) is 73.7 cm³/mol. The Labute approximate surface area is 111 Å². The van der Waals surface area contributed by atoms with E-state index in [0.29, 0.717) is 27.9 Å². The number of halogens is 1. The molecule has 4 nitrogen and oxygen atoms in total. The van der Waals surface area contributed by atoms with E-state index in [-0.39, 0.29) is 0 Å². The van der Waals surface area contributed by atoms with E-state index in [9.17, 15) is 0 Å². The van der Waals surface area contributed by atoms with Gasteiger partial charge in [-0.15, -0.1) is 0 Å². The van der Waals surface area contributed by atoms with Crippen LogP contribution in [-0.2, 0) is 0 Å². The van der Waals surface area contributed by atoms with Gasteiger partial charge in [-0.25, -0.2) is 9.97 Å². The van der Waals surface area contributed by atoms with Crippen molar-refractivity contribution in [3.8, 4) is 0 Å². The molecule has 0 aromatic carbocycles. The number of aromatic nitrogens is 2. The molecule has 2 rings (SSSR count). The second-order valence-electron chi connectivity index (χ2n) is 4.18. The molecule has 0 unspecified atom stereocenters. The highest BCUT2D eigenvalue weighted by molar-refractivity contribution is 7.99. The maximum atomic E-state index is 6.01. The molecule has 1 fully saturated rings. The van der Waals surface area contributed by atoms with Crippen molar-refractivity contribution in [2.45, 2.75) is 43.8 Å². The topological polar surface area (TPSA) is 63.8 Å². The molecule has 94 valence electrons. The number of thioether (sulfide) groups is 1. The van der Waals surface area contributed by atoms with E-state index in [1.165, 1.54) is 19.3 Å². The first-order valence-electron chi connectivity index (χ1n) is 5.93. The van der Waals surface area contributed by atoms with Gasteiger partial charge in [-0.2, -0.15) is 0 Å². The molecule has 1 aromatic heterocycles. The molecule has 0 spiro atoms. The molecule has 0 radical (unpaired) electrons. The SMILES string of the molecule is CCCSc1nc(Cl)c(N)c(NC2CCC2)n1. The van der Waals surface area contributed by atoms with Gasteiger partial charge in [0.05, 0.1) is 0 Å². The zero-order chi connectivity index (χ0) is 12.3. The molecule has 0 saturated heterocycles. The Hall–Kier alpha value is -0.680. The summed E-state index contributed by atoms with van der Waals surface area (Å²) >= 11 is 7.62. The minimum absolute atomic E-state index is 0.348. The maximum Gasteiger partial charge on any atom is 0.191 e. The Morgan fingerprint density at radius 2 is 2.24 bits per heavy atom. The molecular weight excluding hydrogens is 256 g/mol. The highest BCUT2D eigenvalue weighted by atomic mass is 35.5. The number of hydrogen-bond acceptors (Lipinski definition) is 5. The molecule has 17 heavy (non-hydrogen) atoms. The first-order chi connectivity index (χ1) is 8.20. The van der Waals surface area contributed by atoms with E-state index in [1.807, 2.05) is 0 Å². The molecular formula is C11H17ClN4S. The van der Waals surface area contributed by atoms with Crippen LogP contribution in [0.4, 0.5) is 11.5 Å². The van der Waals surface area contributed by atoms with Gasteiger partial charge in [0, 0.05) is 11.8 Å². The second-order valence-corrected chi connectivity index (χ2v) is 5.60. The number of nitrogens with zero attached hydrogens (tertiary/aromatic N) is 2. The van der Waals surface area contributed by atoms with Crippen LogP contribution in [0.2, 0.25) is 5.15 Å². The van der Waals surface area contributed by atoms with Crippen LogP contribution >= 0.6 is 23.4 Å². The average molecular weight is 273 g/mol. The lowest BCUT2D eigenvalue weighted by molar-refractivity contribution is 0.444. The molecule has 0 amide bonds. The van der Waals surface area contributed by atoms with Crippen LogP contribution in [-0.4, -0.2) is 21.8 Å². The molecule has 3 N–H and O–H groups in total. The highest BCUT2D eigenvalue weighted by Gasteiger charge is 2.20. The fraction of sp³-hybridized carbons (Fsp3) is 0.636. The summed E-state index contributed by atoms with van der Waals surface area (Å²) in [4.78, 5) is 8.60. The van der Waals surface area contributed by atoms with Gasteiger partial charge in [0.15, 0.2) is 16.1 Å². The number of nitrogens with two attached hydrogens (primary N) is 1. The van der Waals surface area contributed by atoms with Gasteiger partial charge in [0.1, 0.15) is 5.69 Å². The van der Waals surface area contributed by atoms with Crippen LogP contribution in [0.5, 0.6) is 0 Å². The normalized spacial score (nSPS) is 15.6. The molecule has 1 heterocycles. The largest absolute Gasteiger partial charge is 0.393 e. The van der Waals surface area contributed by atoms with Crippen molar-refractivity contribution in [1.82, 2.24) is 9.97 Å². The second kappa shape index (κ2) is 5.78. The molecule has 1 aliphatic rings. The van der Waals surface area contributed by atoms with E-state index in [1.54, 1.807) is 11.8 Å². The number of nitrogen functional groups attached to an aromatic ring is 1. The van der Waals surface area contributed by atoms with Crippen LogP contribution in [0.3, 0.4) is 0 Å². The minimum Gasteiger partial charge on any atom is -0.393 e. The Balaban J connectivity index is 2.13. The van der Waals surface area contributed by atoms with Gasteiger partial charge in [0.2, 0.25) is 0 Å². The summed E-state index contributed by atoms with van der Waals surface area (Å²) in [6.07, 6.45) is 4.71. The summed E-state index contributed by atoms with van der Waals surface area (Å²) in [5.41, 5.74) is 6.34. The zero-order valence-electron chi connectivity index (χ0n) is 9.87. The van der Waals surface area contributed by atoms with Gasteiger partial charge in [-0.05, 0) is 25.7 Å². The van der Waals surface area contributed by atoms with Crippen molar-refractivity contribution >= 4 is 34.9 Å². The Morgan fingerprint density at radius 1 is 1.47 bits per heavy atom. The number of nitrogens with one attached hydrogen (secondary N) is 1. The lowest BCUT2D eigenvalue weighted by Gasteiger charge is -2.27. The van der Waals surface area contributed by atoms with E-state index in [2.05, 4.69) is 22.2 Å². The van der Waals surface area contributed by atoms with Crippen molar-refractivity contribution in [3.63, 3.8) is 0 Å². The van der Waals surface area contributed by atoms with Crippen LogP contribution in [0.25, 0.3) is 0 Å². The quantitative estimate of drug-likeness (QED) is 0.490. The number of rotatable bonds is 5.